The largest absolute Gasteiger partial charge is 0.319 e. The van der Waals surface area contributed by atoms with E-state index in [1.807, 2.05) is 0 Å². The van der Waals surface area contributed by atoms with Crippen LogP contribution in [0.15, 0.2) is 79.0 Å². The highest BCUT2D eigenvalue weighted by molar-refractivity contribution is 7.79. The zero-order valence-electron chi connectivity index (χ0n) is 12.3. The maximum atomic E-state index is 2.23. The number of benzene rings is 2. The molecule has 2 aromatic carbocycles. The maximum Gasteiger partial charge on any atom is 0.0713 e. The molecule has 106 valence electrons. The maximum absolute atomic E-state index is 2.23. The molecule has 1 heterocycles. The predicted molar refractivity (Wildman–Crippen MR) is 93.2 cm³/mol. The quantitative estimate of drug-likeness (QED) is 0.671. The summed E-state index contributed by atoms with van der Waals surface area (Å²) in [6.45, 7) is 0. The average molecular weight is 294 g/mol. The second-order valence-corrected chi connectivity index (χ2v) is 7.23. The van der Waals surface area contributed by atoms with Gasteiger partial charge in [-0.25, -0.2) is 0 Å². The molecule has 0 spiro atoms. The summed E-state index contributed by atoms with van der Waals surface area (Å²) in [5, 5.41) is 4.87. The van der Waals surface area contributed by atoms with Crippen molar-refractivity contribution in [1.29, 1.82) is 0 Å². The van der Waals surface area contributed by atoms with Gasteiger partial charge < -0.3 is 5.01 Å². The molecular weight excluding hydrogens is 275 g/mol. The summed E-state index contributed by atoms with van der Waals surface area (Å²) in [6, 6.07) is 25.9. The zero-order valence-corrected chi connectivity index (χ0v) is 13.2. The van der Waals surface area contributed by atoms with Gasteiger partial charge >= 0.3 is 0 Å². The van der Waals surface area contributed by atoms with Crippen molar-refractivity contribution in [3.05, 3.63) is 79.0 Å². The molecule has 2 nitrogen and oxygen atoms in total. The molecule has 0 aliphatic carbocycles. The van der Waals surface area contributed by atoms with Gasteiger partial charge in [0.15, 0.2) is 0 Å². The molecule has 0 aliphatic heterocycles. The Balaban J connectivity index is 2.15. The number of rotatable bonds is 4. The molecule has 0 bridgehead atoms. The second kappa shape index (κ2) is 6.15. The highest BCUT2D eigenvalue weighted by Gasteiger charge is 2.19. The molecule has 0 fully saturated rings. The first-order valence-corrected chi connectivity index (χ1v) is 8.37. The van der Waals surface area contributed by atoms with Crippen molar-refractivity contribution in [2.75, 3.05) is 19.1 Å². The minimum atomic E-state index is -0.541. The standard InChI is InChI=1S/C18H19N2P/c1-19(2)20-15-9-14-18(20)21(16-10-5-3-6-11-16)17-12-7-4-8-13-17/h3-15H,1-2H3. The van der Waals surface area contributed by atoms with E-state index < -0.39 is 7.92 Å². The molecule has 0 saturated heterocycles. The van der Waals surface area contributed by atoms with Crippen LogP contribution in [0.2, 0.25) is 0 Å². The van der Waals surface area contributed by atoms with Crippen molar-refractivity contribution in [3.8, 4) is 0 Å². The van der Waals surface area contributed by atoms with Gasteiger partial charge in [0, 0.05) is 28.2 Å². The van der Waals surface area contributed by atoms with Crippen molar-refractivity contribution >= 4 is 24.0 Å². The van der Waals surface area contributed by atoms with Gasteiger partial charge in [0.1, 0.15) is 0 Å². The van der Waals surface area contributed by atoms with Gasteiger partial charge in [-0.1, -0.05) is 60.7 Å². The molecule has 0 radical (unpaired) electrons. The fraction of sp³-hybridized carbons (Fsp3) is 0.111. The third-order valence-corrected chi connectivity index (χ3v) is 5.84. The van der Waals surface area contributed by atoms with Crippen molar-refractivity contribution in [2.45, 2.75) is 0 Å². The van der Waals surface area contributed by atoms with Crippen LogP contribution in [0.1, 0.15) is 0 Å². The Morgan fingerprint density at radius 2 is 1.24 bits per heavy atom. The van der Waals surface area contributed by atoms with E-state index in [1.54, 1.807) is 0 Å². The second-order valence-electron chi connectivity index (χ2n) is 5.06. The van der Waals surface area contributed by atoms with E-state index in [0.717, 1.165) is 0 Å². The van der Waals surface area contributed by atoms with E-state index in [-0.39, 0.29) is 0 Å². The molecule has 0 saturated carbocycles. The fourth-order valence-corrected chi connectivity index (χ4v) is 4.90. The molecule has 0 atom stereocenters. The smallest absolute Gasteiger partial charge is 0.0713 e. The SMILES string of the molecule is CN(C)n1cccc1P(c1ccccc1)c1ccccc1. The van der Waals surface area contributed by atoms with Crippen LogP contribution in [0.4, 0.5) is 0 Å². The minimum Gasteiger partial charge on any atom is -0.319 e. The van der Waals surface area contributed by atoms with Crippen LogP contribution in [-0.4, -0.2) is 18.8 Å². The lowest BCUT2D eigenvalue weighted by Gasteiger charge is -2.25. The Labute approximate surface area is 127 Å². The van der Waals surface area contributed by atoms with Gasteiger partial charge in [-0.15, -0.1) is 0 Å². The van der Waals surface area contributed by atoms with Gasteiger partial charge in [-0.3, -0.25) is 4.68 Å². The number of hydrogen-bond acceptors (Lipinski definition) is 1. The molecule has 21 heavy (non-hydrogen) atoms. The summed E-state index contributed by atoms with van der Waals surface area (Å²) >= 11 is 0. The van der Waals surface area contributed by atoms with Crippen molar-refractivity contribution < 1.29 is 0 Å². The molecule has 0 aliphatic rings. The van der Waals surface area contributed by atoms with Crippen molar-refractivity contribution in [3.63, 3.8) is 0 Å². The van der Waals surface area contributed by atoms with Crippen molar-refractivity contribution in [1.82, 2.24) is 4.68 Å². The van der Waals surface area contributed by atoms with Crippen LogP contribution in [-0.2, 0) is 0 Å². The van der Waals surface area contributed by atoms with Gasteiger partial charge in [0.2, 0.25) is 0 Å². The van der Waals surface area contributed by atoms with E-state index in [1.165, 1.54) is 16.0 Å². The molecule has 3 rings (SSSR count). The lowest BCUT2D eigenvalue weighted by Crippen LogP contribution is -2.35. The van der Waals surface area contributed by atoms with Crippen LogP contribution >= 0.6 is 7.92 Å². The van der Waals surface area contributed by atoms with Crippen LogP contribution in [0, 0.1) is 0 Å². The van der Waals surface area contributed by atoms with E-state index in [4.69, 9.17) is 0 Å². The van der Waals surface area contributed by atoms with Gasteiger partial charge in [-0.2, -0.15) is 0 Å². The van der Waals surface area contributed by atoms with Crippen LogP contribution < -0.4 is 21.1 Å². The minimum absolute atomic E-state index is 0.541. The van der Waals surface area contributed by atoms with Crippen molar-refractivity contribution in [2.24, 2.45) is 0 Å². The van der Waals surface area contributed by atoms with E-state index in [9.17, 15) is 0 Å². The van der Waals surface area contributed by atoms with Gasteiger partial charge in [-0.05, 0) is 22.7 Å². The number of nitrogens with zero attached hydrogens (tertiary/aromatic N) is 2. The Bertz CT molecular complexity index is 650. The lowest BCUT2D eigenvalue weighted by atomic mass is 10.4. The van der Waals surface area contributed by atoms with E-state index in [2.05, 4.69) is 103 Å². The molecule has 3 heteroatoms. The molecule has 0 amide bonds. The Kier molecular flexibility index (Phi) is 4.08. The van der Waals surface area contributed by atoms with Gasteiger partial charge in [0.05, 0.1) is 5.44 Å². The normalized spacial score (nSPS) is 10.8. The summed E-state index contributed by atoms with van der Waals surface area (Å²) in [4.78, 5) is 0. The summed E-state index contributed by atoms with van der Waals surface area (Å²) in [5.41, 5.74) is 1.34. The summed E-state index contributed by atoms with van der Waals surface area (Å²) in [7, 11) is 3.61. The van der Waals surface area contributed by atoms with Crippen LogP contribution in [0.25, 0.3) is 0 Å². The number of aromatic nitrogens is 1. The lowest BCUT2D eigenvalue weighted by molar-refractivity contribution is 0.756. The Morgan fingerprint density at radius 3 is 1.71 bits per heavy atom. The molecule has 0 N–H and O–H groups in total. The Morgan fingerprint density at radius 1 is 0.714 bits per heavy atom. The molecule has 0 unspecified atom stereocenters. The first-order chi connectivity index (χ1) is 10.3. The van der Waals surface area contributed by atoms with E-state index in [0.29, 0.717) is 0 Å². The fourth-order valence-electron chi connectivity index (χ4n) is 2.45. The Hall–Kier alpha value is -2.05. The van der Waals surface area contributed by atoms with Gasteiger partial charge in [0.25, 0.3) is 0 Å². The predicted octanol–water partition coefficient (Wildman–Crippen LogP) is 2.44. The average Bonchev–Trinajstić information content (AvgIpc) is 2.99. The third-order valence-electron chi connectivity index (χ3n) is 3.40. The zero-order chi connectivity index (χ0) is 14.7. The van der Waals surface area contributed by atoms with Crippen LogP contribution in [0.5, 0.6) is 0 Å². The number of hydrogen-bond donors (Lipinski definition) is 0. The topological polar surface area (TPSA) is 8.17 Å². The third kappa shape index (κ3) is 2.86. The first-order valence-electron chi connectivity index (χ1n) is 7.02. The highest BCUT2D eigenvalue weighted by Crippen LogP contribution is 2.32. The highest BCUT2D eigenvalue weighted by atomic mass is 31.1. The molecular formula is C18H19N2P. The monoisotopic (exact) mass is 294 g/mol. The summed E-state index contributed by atoms with van der Waals surface area (Å²) in [6.07, 6.45) is 2.12. The summed E-state index contributed by atoms with van der Waals surface area (Å²) in [5.74, 6) is 0. The summed E-state index contributed by atoms with van der Waals surface area (Å²) < 4.78 is 2.23. The molecule has 1 aromatic heterocycles. The first kappa shape index (κ1) is 13.9. The van der Waals surface area contributed by atoms with Crippen LogP contribution in [0.3, 0.4) is 0 Å². The van der Waals surface area contributed by atoms with E-state index >= 15 is 0 Å². The molecule has 3 aromatic rings.